The summed E-state index contributed by atoms with van der Waals surface area (Å²) in [6.07, 6.45) is 5.17. The first kappa shape index (κ1) is 29.7. The van der Waals surface area contributed by atoms with E-state index in [1.54, 1.807) is 0 Å². The molecule has 0 bridgehead atoms. The lowest BCUT2D eigenvalue weighted by Crippen LogP contribution is -2.49. The Morgan fingerprint density at radius 1 is 1.05 bits per heavy atom. The smallest absolute Gasteiger partial charge is 0.273 e. The van der Waals surface area contributed by atoms with Gasteiger partial charge in [-0.05, 0) is 80.2 Å². The lowest BCUT2D eigenvalue weighted by Gasteiger charge is -2.33. The number of nitrogens with two attached hydrogens (primary N) is 1. The van der Waals surface area contributed by atoms with Gasteiger partial charge in [0.15, 0.2) is 11.7 Å². The van der Waals surface area contributed by atoms with Gasteiger partial charge in [-0.1, -0.05) is 51.3 Å². The maximum Gasteiger partial charge on any atom is 0.273 e. The fraction of sp³-hybridized carbons (Fsp3) is 0.467. The van der Waals surface area contributed by atoms with Crippen molar-refractivity contribution in [3.05, 3.63) is 62.8 Å². The minimum atomic E-state index is -0.947. The highest BCUT2D eigenvalue weighted by atomic mass is 32.1. The molecule has 3 aromatic rings. The summed E-state index contributed by atoms with van der Waals surface area (Å²) in [6, 6.07) is 10.5. The van der Waals surface area contributed by atoms with E-state index in [4.69, 9.17) is 5.73 Å². The predicted octanol–water partition coefficient (Wildman–Crippen LogP) is 6.28. The van der Waals surface area contributed by atoms with Crippen LogP contribution < -0.4 is 21.3 Å². The van der Waals surface area contributed by atoms with Crippen molar-refractivity contribution in [2.75, 3.05) is 10.6 Å². The number of thiophene rings is 1. The van der Waals surface area contributed by atoms with Gasteiger partial charge in [0.25, 0.3) is 11.8 Å². The number of amides is 3. The Morgan fingerprint density at radius 3 is 2.30 bits per heavy atom. The van der Waals surface area contributed by atoms with Gasteiger partial charge in [0.1, 0.15) is 4.88 Å². The highest BCUT2D eigenvalue weighted by Gasteiger charge is 2.38. The molecule has 10 heteroatoms. The minimum absolute atomic E-state index is 0.0354. The van der Waals surface area contributed by atoms with Gasteiger partial charge in [0.2, 0.25) is 5.91 Å². The van der Waals surface area contributed by atoms with Crippen LogP contribution in [-0.4, -0.2) is 33.7 Å². The number of hydrogen-bond donors (Lipinski definition) is 3. The van der Waals surface area contributed by atoms with Crippen LogP contribution in [0, 0.1) is 0 Å². The van der Waals surface area contributed by atoms with Crippen LogP contribution in [0.4, 0.5) is 11.4 Å². The Kier molecular flexibility index (Phi) is 9.30. The number of nitrogens with zero attached hydrogens (tertiary/aromatic N) is 2. The molecule has 1 fully saturated rings. The van der Waals surface area contributed by atoms with Gasteiger partial charge in [0, 0.05) is 22.1 Å². The fourth-order valence-corrected chi connectivity index (χ4v) is 6.44. The highest BCUT2D eigenvalue weighted by Crippen LogP contribution is 2.35. The molecule has 0 radical (unpaired) electrons. The molecule has 0 unspecified atom stereocenters. The third-order valence-electron chi connectivity index (χ3n) is 6.95. The molecule has 1 aliphatic rings. The monoisotopic (exact) mass is 581 g/mol. The van der Waals surface area contributed by atoms with Crippen molar-refractivity contribution < 1.29 is 14.4 Å². The molecule has 2 aromatic heterocycles. The summed E-state index contributed by atoms with van der Waals surface area (Å²) in [5, 5.41) is 7.96. The van der Waals surface area contributed by atoms with E-state index in [1.165, 1.54) is 22.7 Å². The van der Waals surface area contributed by atoms with Crippen molar-refractivity contribution in [3.63, 3.8) is 0 Å². The van der Waals surface area contributed by atoms with Crippen molar-refractivity contribution in [2.45, 2.75) is 90.3 Å². The average Bonchev–Trinajstić information content (AvgIpc) is 3.56. The number of rotatable bonds is 8. The van der Waals surface area contributed by atoms with Crippen molar-refractivity contribution in [1.82, 2.24) is 15.0 Å². The summed E-state index contributed by atoms with van der Waals surface area (Å²) >= 11 is 2.29. The number of carbonyl (C=O) groups excluding carboxylic acids is 3. The van der Waals surface area contributed by atoms with Crippen LogP contribution >= 0.6 is 22.9 Å². The van der Waals surface area contributed by atoms with E-state index in [1.807, 2.05) is 62.5 Å². The Bertz CT molecular complexity index is 1320. The number of aromatic nitrogens is 1. The normalized spacial score (nSPS) is 15.1. The van der Waals surface area contributed by atoms with E-state index in [0.29, 0.717) is 16.5 Å². The van der Waals surface area contributed by atoms with Crippen LogP contribution in [0.1, 0.15) is 109 Å². The summed E-state index contributed by atoms with van der Waals surface area (Å²) in [7, 11) is 0. The standard InChI is InChI=1S/C30H39N5O3S2/c1-18(2)19-13-15-21(16-14-19)35(25(22-12-9-17-39-22)28(37)33-30(3,4)5)29(38)26-23(31)24(34-40-26)27(36)32-20-10-7-6-8-11-20/h9,12-18,20,25H,6-8,10-11,31H2,1-5H3,(H,32,36)(H,33,37)/t25-/m1/s1. The van der Waals surface area contributed by atoms with Crippen molar-refractivity contribution >= 4 is 52.0 Å². The van der Waals surface area contributed by atoms with Gasteiger partial charge in [-0.15, -0.1) is 11.3 Å². The maximum atomic E-state index is 14.3. The van der Waals surface area contributed by atoms with Gasteiger partial charge < -0.3 is 16.4 Å². The van der Waals surface area contributed by atoms with Crippen LogP contribution in [0.3, 0.4) is 0 Å². The Morgan fingerprint density at radius 2 is 1.73 bits per heavy atom. The molecule has 4 N–H and O–H groups in total. The van der Waals surface area contributed by atoms with Gasteiger partial charge >= 0.3 is 0 Å². The summed E-state index contributed by atoms with van der Waals surface area (Å²) < 4.78 is 4.30. The Balaban J connectivity index is 1.75. The summed E-state index contributed by atoms with van der Waals surface area (Å²) in [5.74, 6) is -0.855. The molecule has 1 saturated carbocycles. The van der Waals surface area contributed by atoms with Crippen molar-refractivity contribution in [2.24, 2.45) is 0 Å². The highest BCUT2D eigenvalue weighted by molar-refractivity contribution is 7.10. The Labute approximate surface area is 244 Å². The van der Waals surface area contributed by atoms with Crippen molar-refractivity contribution in [1.29, 1.82) is 0 Å². The van der Waals surface area contributed by atoms with Gasteiger partial charge in [-0.3, -0.25) is 19.3 Å². The summed E-state index contributed by atoms with van der Waals surface area (Å²) in [6.45, 7) is 9.90. The second-order valence-electron chi connectivity index (χ2n) is 11.7. The van der Waals surface area contributed by atoms with Gasteiger partial charge in [-0.2, -0.15) is 4.37 Å². The van der Waals surface area contributed by atoms with E-state index in [0.717, 1.165) is 42.8 Å². The van der Waals surface area contributed by atoms with Gasteiger partial charge in [-0.25, -0.2) is 0 Å². The molecule has 1 aromatic carbocycles. The lowest BCUT2D eigenvalue weighted by atomic mass is 9.95. The average molecular weight is 582 g/mol. The zero-order valence-corrected chi connectivity index (χ0v) is 25.5. The molecule has 1 aliphatic carbocycles. The fourth-order valence-electron chi connectivity index (χ4n) is 4.89. The molecule has 2 heterocycles. The second-order valence-corrected chi connectivity index (χ2v) is 13.4. The van der Waals surface area contributed by atoms with E-state index in [2.05, 4.69) is 28.9 Å². The molecule has 3 amide bonds. The molecular weight excluding hydrogens is 542 g/mol. The Hall–Kier alpha value is -3.24. The van der Waals surface area contributed by atoms with E-state index < -0.39 is 17.5 Å². The number of anilines is 2. The lowest BCUT2D eigenvalue weighted by molar-refractivity contribution is -0.123. The topological polar surface area (TPSA) is 117 Å². The second kappa shape index (κ2) is 12.5. The third-order valence-corrected chi connectivity index (χ3v) is 8.73. The molecule has 1 atom stereocenters. The molecule has 214 valence electrons. The van der Waals surface area contributed by atoms with E-state index in [-0.39, 0.29) is 34.1 Å². The molecule has 8 nitrogen and oxygen atoms in total. The zero-order valence-electron chi connectivity index (χ0n) is 23.8. The predicted molar refractivity (Wildman–Crippen MR) is 163 cm³/mol. The molecule has 4 rings (SSSR count). The first-order valence-electron chi connectivity index (χ1n) is 13.8. The van der Waals surface area contributed by atoms with Crippen molar-refractivity contribution in [3.8, 4) is 0 Å². The van der Waals surface area contributed by atoms with Crippen LogP contribution in [0.5, 0.6) is 0 Å². The quantitative estimate of drug-likeness (QED) is 0.290. The van der Waals surface area contributed by atoms with Crippen LogP contribution in [0.15, 0.2) is 41.8 Å². The maximum absolute atomic E-state index is 14.3. The van der Waals surface area contributed by atoms with E-state index in [9.17, 15) is 14.4 Å². The van der Waals surface area contributed by atoms with Crippen LogP contribution in [0.2, 0.25) is 0 Å². The van der Waals surface area contributed by atoms with Gasteiger partial charge in [0.05, 0.1) is 5.69 Å². The SMILES string of the molecule is CC(C)c1ccc(N(C(=O)c2snc(C(=O)NC3CCCCC3)c2N)[C@@H](C(=O)NC(C)(C)C)c2cccs2)cc1. The number of hydrogen-bond acceptors (Lipinski definition) is 7. The molecule has 40 heavy (non-hydrogen) atoms. The third kappa shape index (κ3) is 6.90. The number of nitrogen functional groups attached to an aromatic ring is 1. The number of nitrogens with one attached hydrogen (secondary N) is 2. The first-order chi connectivity index (χ1) is 19.0. The summed E-state index contributed by atoms with van der Waals surface area (Å²) in [5.41, 5.74) is 7.67. The minimum Gasteiger partial charge on any atom is -0.395 e. The molecular formula is C30H39N5O3S2. The first-order valence-corrected chi connectivity index (χ1v) is 15.5. The molecule has 0 aliphatic heterocycles. The van der Waals surface area contributed by atoms with Crippen LogP contribution in [-0.2, 0) is 4.79 Å². The van der Waals surface area contributed by atoms with E-state index >= 15 is 0 Å². The van der Waals surface area contributed by atoms with Crippen LogP contribution in [0.25, 0.3) is 0 Å². The number of benzene rings is 1. The largest absolute Gasteiger partial charge is 0.395 e. The number of carbonyl (C=O) groups is 3. The molecule has 0 saturated heterocycles. The summed E-state index contributed by atoms with van der Waals surface area (Å²) in [4.78, 5) is 43.5. The zero-order chi connectivity index (χ0) is 29.0. The molecule has 0 spiro atoms.